The molecule has 1 heterocycles. The summed E-state index contributed by atoms with van der Waals surface area (Å²) in [6, 6.07) is 7.38. The zero-order chi connectivity index (χ0) is 12.3. The van der Waals surface area contributed by atoms with E-state index in [2.05, 4.69) is 41.3 Å². The van der Waals surface area contributed by atoms with Gasteiger partial charge in [-0.25, -0.2) is 4.63 Å². The molecule has 0 bridgehead atoms. The number of aromatic nitrogens is 2. The molecule has 17 heavy (non-hydrogen) atoms. The van der Waals surface area contributed by atoms with Crippen LogP contribution < -0.4 is 11.1 Å². The molecule has 0 aliphatic carbocycles. The van der Waals surface area contributed by atoms with E-state index < -0.39 is 0 Å². The van der Waals surface area contributed by atoms with Crippen molar-refractivity contribution >= 4 is 33.3 Å². The lowest BCUT2D eigenvalue weighted by molar-refractivity contribution is 0.305. The summed E-state index contributed by atoms with van der Waals surface area (Å²) in [5.74, 6) is 0.105. The normalized spacial score (nSPS) is 11.5. The zero-order valence-electron chi connectivity index (χ0n) is 8.46. The Kier molecular flexibility index (Phi) is 3.24. The smallest absolute Gasteiger partial charge is 0.206 e. The number of nitrogens with two attached hydrogens (primary N) is 1. The molecule has 0 radical (unpaired) electrons. The van der Waals surface area contributed by atoms with Gasteiger partial charge in [0.05, 0.1) is 0 Å². The zero-order valence-corrected chi connectivity index (χ0v) is 10.0. The number of benzene rings is 1. The fourth-order valence-electron chi connectivity index (χ4n) is 1.16. The molecule has 88 valence electrons. The first kappa shape index (κ1) is 11.4. The third kappa shape index (κ3) is 2.53. The highest BCUT2D eigenvalue weighted by Crippen LogP contribution is 2.19. The van der Waals surface area contributed by atoms with Crippen LogP contribution in [0.25, 0.3) is 0 Å². The second kappa shape index (κ2) is 4.83. The minimum Gasteiger partial charge on any atom is -0.409 e. The van der Waals surface area contributed by atoms with Gasteiger partial charge in [-0.15, -0.1) is 0 Å². The molecule has 0 fully saturated rings. The number of anilines is 2. The predicted molar refractivity (Wildman–Crippen MR) is 64.2 cm³/mol. The van der Waals surface area contributed by atoms with Crippen molar-refractivity contribution in [1.82, 2.24) is 10.3 Å². The van der Waals surface area contributed by atoms with Crippen LogP contribution in [0.2, 0.25) is 0 Å². The van der Waals surface area contributed by atoms with Gasteiger partial charge < -0.3 is 16.3 Å². The van der Waals surface area contributed by atoms with E-state index in [0.717, 1.165) is 10.2 Å². The van der Waals surface area contributed by atoms with Crippen LogP contribution in [0.5, 0.6) is 0 Å². The maximum atomic E-state index is 8.55. The van der Waals surface area contributed by atoms with Crippen LogP contribution in [0.3, 0.4) is 0 Å². The van der Waals surface area contributed by atoms with E-state index in [1.807, 2.05) is 24.3 Å². The van der Waals surface area contributed by atoms with E-state index in [1.165, 1.54) is 0 Å². The molecule has 0 saturated heterocycles. The molecule has 7 nitrogen and oxygen atoms in total. The topological polar surface area (TPSA) is 110 Å². The minimum atomic E-state index is -0.175. The quantitative estimate of drug-likeness (QED) is 0.344. The summed E-state index contributed by atoms with van der Waals surface area (Å²) in [7, 11) is 0. The highest BCUT2D eigenvalue weighted by molar-refractivity contribution is 9.10. The molecule has 0 aliphatic rings. The molecule has 2 aromatic rings. The molecule has 0 atom stereocenters. The number of nitrogens with one attached hydrogen (secondary N) is 1. The Bertz CT molecular complexity index is 537. The molecule has 1 aromatic carbocycles. The van der Waals surface area contributed by atoms with Crippen molar-refractivity contribution in [2.24, 2.45) is 10.9 Å². The average Bonchev–Trinajstić information content (AvgIpc) is 2.79. The number of amidine groups is 1. The molecule has 8 heteroatoms. The van der Waals surface area contributed by atoms with E-state index in [9.17, 15) is 0 Å². The summed E-state index contributed by atoms with van der Waals surface area (Å²) < 4.78 is 5.48. The molecule has 0 unspecified atom stereocenters. The molecular weight excluding hydrogens is 290 g/mol. The van der Waals surface area contributed by atoms with Crippen molar-refractivity contribution in [2.45, 2.75) is 0 Å². The lowest BCUT2D eigenvalue weighted by Gasteiger charge is -2.02. The first-order valence-electron chi connectivity index (χ1n) is 4.53. The van der Waals surface area contributed by atoms with Crippen molar-refractivity contribution in [1.29, 1.82) is 0 Å². The Balaban J connectivity index is 2.25. The Morgan fingerprint density at radius 3 is 2.71 bits per heavy atom. The van der Waals surface area contributed by atoms with Gasteiger partial charge in [-0.2, -0.15) is 0 Å². The van der Waals surface area contributed by atoms with Crippen LogP contribution in [0.15, 0.2) is 38.5 Å². The van der Waals surface area contributed by atoms with E-state index in [1.54, 1.807) is 0 Å². The van der Waals surface area contributed by atoms with Gasteiger partial charge in [0.1, 0.15) is 0 Å². The Morgan fingerprint density at radius 2 is 2.06 bits per heavy atom. The number of oxime groups is 1. The molecule has 2 rings (SSSR count). The van der Waals surface area contributed by atoms with Gasteiger partial charge in [0.15, 0.2) is 11.5 Å². The highest BCUT2D eigenvalue weighted by atomic mass is 79.9. The summed E-state index contributed by atoms with van der Waals surface area (Å²) in [6.45, 7) is 0. The fourth-order valence-corrected chi connectivity index (χ4v) is 1.42. The Labute approximate surface area is 104 Å². The van der Waals surface area contributed by atoms with Gasteiger partial charge in [0.25, 0.3) is 0 Å². The summed E-state index contributed by atoms with van der Waals surface area (Å²) >= 11 is 3.33. The van der Waals surface area contributed by atoms with Gasteiger partial charge in [-0.3, -0.25) is 0 Å². The summed E-state index contributed by atoms with van der Waals surface area (Å²) in [6.07, 6.45) is 0. The van der Waals surface area contributed by atoms with E-state index >= 15 is 0 Å². The van der Waals surface area contributed by atoms with Crippen LogP contribution in [0.4, 0.5) is 11.5 Å². The summed E-state index contributed by atoms with van der Waals surface area (Å²) in [4.78, 5) is 0. The lowest BCUT2D eigenvalue weighted by Crippen LogP contribution is -2.15. The maximum Gasteiger partial charge on any atom is 0.206 e. The molecule has 4 N–H and O–H groups in total. The van der Waals surface area contributed by atoms with Gasteiger partial charge in [-0.1, -0.05) is 21.1 Å². The van der Waals surface area contributed by atoms with Crippen LogP contribution in [-0.2, 0) is 0 Å². The van der Waals surface area contributed by atoms with Crippen LogP contribution in [-0.4, -0.2) is 21.4 Å². The van der Waals surface area contributed by atoms with Crippen molar-refractivity contribution in [3.8, 4) is 0 Å². The van der Waals surface area contributed by atoms with Gasteiger partial charge in [0, 0.05) is 10.2 Å². The molecule has 0 saturated carbocycles. The number of nitrogens with zero attached hydrogens (tertiary/aromatic N) is 3. The van der Waals surface area contributed by atoms with Crippen LogP contribution in [0, 0.1) is 0 Å². The third-order valence-electron chi connectivity index (χ3n) is 1.95. The molecular formula is C9H8BrN5O2. The molecule has 1 aromatic heterocycles. The average molecular weight is 298 g/mol. The number of halogens is 1. The number of hydrogen-bond donors (Lipinski definition) is 3. The monoisotopic (exact) mass is 297 g/mol. The second-order valence-corrected chi connectivity index (χ2v) is 3.99. The maximum absolute atomic E-state index is 8.55. The van der Waals surface area contributed by atoms with Crippen LogP contribution in [0.1, 0.15) is 5.69 Å². The van der Waals surface area contributed by atoms with Gasteiger partial charge >= 0.3 is 0 Å². The molecule has 0 spiro atoms. The van der Waals surface area contributed by atoms with Crippen molar-refractivity contribution in [3.05, 3.63) is 34.4 Å². The molecule has 0 amide bonds. The first-order valence-corrected chi connectivity index (χ1v) is 5.33. The largest absolute Gasteiger partial charge is 0.409 e. The number of hydrogen-bond acceptors (Lipinski definition) is 6. The highest BCUT2D eigenvalue weighted by Gasteiger charge is 2.14. The van der Waals surface area contributed by atoms with Gasteiger partial charge in [0.2, 0.25) is 5.82 Å². The predicted octanol–water partition coefficient (Wildman–Crippen LogP) is 1.67. The van der Waals surface area contributed by atoms with Crippen molar-refractivity contribution < 1.29 is 9.84 Å². The second-order valence-electron chi connectivity index (χ2n) is 3.08. The SMILES string of the molecule is NC(=NO)c1nonc1Nc1ccc(Br)cc1. The number of rotatable bonds is 3. The van der Waals surface area contributed by atoms with Crippen LogP contribution >= 0.6 is 15.9 Å². The minimum absolute atomic E-state index is 0.149. The van der Waals surface area contributed by atoms with E-state index in [0.29, 0.717) is 0 Å². The van der Waals surface area contributed by atoms with E-state index in [-0.39, 0.29) is 17.3 Å². The Morgan fingerprint density at radius 1 is 1.35 bits per heavy atom. The Hall–Kier alpha value is -2.09. The lowest BCUT2D eigenvalue weighted by atomic mass is 10.3. The summed E-state index contributed by atoms with van der Waals surface area (Å²) in [5, 5.41) is 21.5. The van der Waals surface area contributed by atoms with Gasteiger partial charge in [-0.05, 0) is 34.6 Å². The fraction of sp³-hybridized carbons (Fsp3) is 0. The standard InChI is InChI=1S/C9H8BrN5O2/c10-5-1-3-6(4-2-5)12-9-7(8(11)13-16)14-17-15-9/h1-4,16H,(H2,11,13)(H,12,15). The van der Waals surface area contributed by atoms with Crippen molar-refractivity contribution in [2.75, 3.05) is 5.32 Å². The van der Waals surface area contributed by atoms with E-state index in [4.69, 9.17) is 10.9 Å². The first-order chi connectivity index (χ1) is 8.20. The summed E-state index contributed by atoms with van der Waals surface area (Å²) in [5.41, 5.74) is 6.33. The van der Waals surface area contributed by atoms with Crippen molar-refractivity contribution in [3.63, 3.8) is 0 Å². The third-order valence-corrected chi connectivity index (χ3v) is 2.47. The molecule has 0 aliphatic heterocycles.